The maximum atomic E-state index is 5.55. The molecule has 44 valence electrons. The minimum Gasteiger partial charge on any atom is -0.372 e. The summed E-state index contributed by atoms with van der Waals surface area (Å²) in [5, 5.41) is 2.95. The average molecular weight is 110 g/mol. The molecule has 0 bridgehead atoms. The summed E-state index contributed by atoms with van der Waals surface area (Å²) >= 11 is 0. The Morgan fingerprint density at radius 3 is 2.88 bits per heavy atom. The molecule has 0 aliphatic carbocycles. The van der Waals surface area contributed by atoms with Crippen LogP contribution in [0.3, 0.4) is 0 Å². The predicted octanol–water partition coefficient (Wildman–Crippen LogP) is 0.334. The summed E-state index contributed by atoms with van der Waals surface area (Å²) < 4.78 is 0. The van der Waals surface area contributed by atoms with Crippen molar-refractivity contribution in [3.8, 4) is 0 Å². The molecule has 0 saturated carbocycles. The SMILES string of the molecule is C/C=C1/C=CNC1N. The van der Waals surface area contributed by atoms with Crippen LogP contribution in [-0.2, 0) is 0 Å². The number of allylic oxidation sites excluding steroid dienone is 1. The van der Waals surface area contributed by atoms with Crippen molar-refractivity contribution >= 4 is 0 Å². The van der Waals surface area contributed by atoms with E-state index in [9.17, 15) is 0 Å². The zero-order valence-corrected chi connectivity index (χ0v) is 4.89. The molecule has 1 unspecified atom stereocenters. The smallest absolute Gasteiger partial charge is 0.0999 e. The fraction of sp³-hybridized carbons (Fsp3) is 0.333. The van der Waals surface area contributed by atoms with Gasteiger partial charge in [0.15, 0.2) is 0 Å². The van der Waals surface area contributed by atoms with Crippen LogP contribution in [0.25, 0.3) is 0 Å². The Morgan fingerprint density at radius 2 is 2.62 bits per heavy atom. The molecule has 1 rings (SSSR count). The van der Waals surface area contributed by atoms with Gasteiger partial charge in [-0.25, -0.2) is 0 Å². The molecule has 0 saturated heterocycles. The van der Waals surface area contributed by atoms with Gasteiger partial charge in [0.25, 0.3) is 0 Å². The lowest BCUT2D eigenvalue weighted by Gasteiger charge is -2.03. The molecule has 0 fully saturated rings. The van der Waals surface area contributed by atoms with Crippen LogP contribution in [0.5, 0.6) is 0 Å². The maximum Gasteiger partial charge on any atom is 0.0999 e. The molecule has 0 aromatic heterocycles. The van der Waals surface area contributed by atoms with E-state index < -0.39 is 0 Å². The summed E-state index contributed by atoms with van der Waals surface area (Å²) in [5.74, 6) is 0. The third-order valence-corrected chi connectivity index (χ3v) is 1.24. The lowest BCUT2D eigenvalue weighted by molar-refractivity contribution is 0.740. The van der Waals surface area contributed by atoms with Gasteiger partial charge in [-0.3, -0.25) is 0 Å². The molecule has 1 aliphatic rings. The van der Waals surface area contributed by atoms with Crippen molar-refractivity contribution in [2.45, 2.75) is 13.1 Å². The first-order valence-electron chi connectivity index (χ1n) is 2.69. The lowest BCUT2D eigenvalue weighted by atomic mass is 10.2. The quantitative estimate of drug-likeness (QED) is 0.471. The summed E-state index contributed by atoms with van der Waals surface area (Å²) in [7, 11) is 0. The minimum atomic E-state index is 0.0278. The van der Waals surface area contributed by atoms with Crippen molar-refractivity contribution in [1.29, 1.82) is 0 Å². The highest BCUT2D eigenvalue weighted by Crippen LogP contribution is 2.04. The molecule has 8 heavy (non-hydrogen) atoms. The van der Waals surface area contributed by atoms with E-state index >= 15 is 0 Å². The molecule has 2 nitrogen and oxygen atoms in total. The van der Waals surface area contributed by atoms with Crippen molar-refractivity contribution in [2.24, 2.45) is 5.73 Å². The summed E-state index contributed by atoms with van der Waals surface area (Å²) in [4.78, 5) is 0. The Morgan fingerprint density at radius 1 is 1.88 bits per heavy atom. The van der Waals surface area contributed by atoms with Crippen LogP contribution < -0.4 is 11.1 Å². The summed E-state index contributed by atoms with van der Waals surface area (Å²) in [6.45, 7) is 1.98. The Bertz CT molecular complexity index is 135. The van der Waals surface area contributed by atoms with Gasteiger partial charge in [0.05, 0.1) is 6.17 Å². The van der Waals surface area contributed by atoms with Gasteiger partial charge in [0.1, 0.15) is 0 Å². The normalized spacial score (nSPS) is 31.2. The molecule has 1 heterocycles. The van der Waals surface area contributed by atoms with Crippen molar-refractivity contribution in [3.05, 3.63) is 23.9 Å². The number of nitrogens with one attached hydrogen (secondary N) is 1. The molecule has 0 aromatic carbocycles. The van der Waals surface area contributed by atoms with Crippen LogP contribution in [0.1, 0.15) is 6.92 Å². The first-order chi connectivity index (χ1) is 3.84. The van der Waals surface area contributed by atoms with Gasteiger partial charge in [-0.1, -0.05) is 6.08 Å². The molecule has 0 aromatic rings. The Balaban J connectivity index is 2.67. The fourth-order valence-corrected chi connectivity index (χ4v) is 0.724. The molecule has 2 heteroatoms. The van der Waals surface area contributed by atoms with Crippen LogP contribution in [0, 0.1) is 0 Å². The van der Waals surface area contributed by atoms with Gasteiger partial charge in [-0.15, -0.1) is 0 Å². The van der Waals surface area contributed by atoms with Crippen LogP contribution in [0.2, 0.25) is 0 Å². The van der Waals surface area contributed by atoms with E-state index in [1.54, 1.807) is 0 Å². The molecule has 3 N–H and O–H groups in total. The highest BCUT2D eigenvalue weighted by atomic mass is 15.0. The summed E-state index contributed by atoms with van der Waals surface area (Å²) in [5.41, 5.74) is 6.70. The van der Waals surface area contributed by atoms with Gasteiger partial charge >= 0.3 is 0 Å². The Kier molecular flexibility index (Phi) is 1.35. The van der Waals surface area contributed by atoms with Crippen LogP contribution in [0.4, 0.5) is 0 Å². The van der Waals surface area contributed by atoms with Crippen LogP contribution >= 0.6 is 0 Å². The first-order valence-corrected chi connectivity index (χ1v) is 2.69. The van der Waals surface area contributed by atoms with Crippen molar-refractivity contribution in [3.63, 3.8) is 0 Å². The molecule has 0 spiro atoms. The van der Waals surface area contributed by atoms with Gasteiger partial charge in [0.2, 0.25) is 0 Å². The fourth-order valence-electron chi connectivity index (χ4n) is 0.724. The molecule has 0 radical (unpaired) electrons. The third-order valence-electron chi connectivity index (χ3n) is 1.24. The number of rotatable bonds is 0. The first kappa shape index (κ1) is 5.38. The maximum absolute atomic E-state index is 5.55. The zero-order chi connectivity index (χ0) is 5.98. The second kappa shape index (κ2) is 2.01. The predicted molar refractivity (Wildman–Crippen MR) is 34.0 cm³/mol. The second-order valence-corrected chi connectivity index (χ2v) is 1.77. The van der Waals surface area contributed by atoms with Crippen molar-refractivity contribution < 1.29 is 0 Å². The highest BCUT2D eigenvalue weighted by Gasteiger charge is 2.06. The van der Waals surface area contributed by atoms with E-state index in [-0.39, 0.29) is 6.17 Å². The molecule has 0 amide bonds. The third kappa shape index (κ3) is 0.746. The summed E-state index contributed by atoms with van der Waals surface area (Å²) in [6.07, 6.45) is 5.87. The number of nitrogens with two attached hydrogens (primary N) is 1. The van der Waals surface area contributed by atoms with E-state index in [1.807, 2.05) is 25.3 Å². The largest absolute Gasteiger partial charge is 0.372 e. The van der Waals surface area contributed by atoms with E-state index in [0.29, 0.717) is 0 Å². The van der Waals surface area contributed by atoms with Crippen molar-refractivity contribution in [1.82, 2.24) is 5.32 Å². The number of hydrogen-bond acceptors (Lipinski definition) is 2. The molecular weight excluding hydrogens is 100 g/mol. The van der Waals surface area contributed by atoms with E-state index in [0.717, 1.165) is 5.57 Å². The standard InChI is InChI=1S/C6H10N2/c1-2-5-3-4-8-6(5)7/h2-4,6,8H,7H2,1H3/b5-2-. The highest BCUT2D eigenvalue weighted by molar-refractivity contribution is 5.27. The monoisotopic (exact) mass is 110 g/mol. The van der Waals surface area contributed by atoms with Crippen LogP contribution in [-0.4, -0.2) is 6.17 Å². The van der Waals surface area contributed by atoms with Crippen molar-refractivity contribution in [2.75, 3.05) is 0 Å². The second-order valence-electron chi connectivity index (χ2n) is 1.77. The summed E-state index contributed by atoms with van der Waals surface area (Å²) in [6, 6.07) is 0. The van der Waals surface area contributed by atoms with Gasteiger partial charge in [0, 0.05) is 0 Å². The van der Waals surface area contributed by atoms with Gasteiger partial charge in [-0.05, 0) is 24.8 Å². The molecule has 1 atom stereocenters. The van der Waals surface area contributed by atoms with E-state index in [1.165, 1.54) is 0 Å². The Labute approximate surface area is 49.1 Å². The van der Waals surface area contributed by atoms with E-state index in [4.69, 9.17) is 5.73 Å². The zero-order valence-electron chi connectivity index (χ0n) is 4.89. The molecule has 1 aliphatic heterocycles. The van der Waals surface area contributed by atoms with Crippen LogP contribution in [0.15, 0.2) is 23.9 Å². The van der Waals surface area contributed by atoms with Gasteiger partial charge < -0.3 is 11.1 Å². The average Bonchev–Trinajstić information content (AvgIpc) is 2.14. The topological polar surface area (TPSA) is 38.0 Å². The van der Waals surface area contributed by atoms with Gasteiger partial charge in [-0.2, -0.15) is 0 Å². The lowest BCUT2D eigenvalue weighted by Crippen LogP contribution is -2.30. The minimum absolute atomic E-state index is 0.0278. The Hall–Kier alpha value is -0.760. The number of hydrogen-bond donors (Lipinski definition) is 2. The van der Waals surface area contributed by atoms with E-state index in [2.05, 4.69) is 5.32 Å². The molecular formula is C6H10N2.